The van der Waals surface area contributed by atoms with Gasteiger partial charge >= 0.3 is 5.97 Å². The van der Waals surface area contributed by atoms with Gasteiger partial charge in [-0.2, -0.15) is 10.2 Å². The quantitative estimate of drug-likeness (QED) is 0.496. The lowest BCUT2D eigenvalue weighted by atomic mass is 10.1. The predicted molar refractivity (Wildman–Crippen MR) is 106 cm³/mol. The second kappa shape index (κ2) is 7.05. The minimum atomic E-state index is -0.573. The van der Waals surface area contributed by atoms with E-state index in [0.717, 1.165) is 16.8 Å². The Morgan fingerprint density at radius 3 is 2.69 bits per heavy atom. The van der Waals surface area contributed by atoms with Gasteiger partial charge in [-0.3, -0.25) is 4.79 Å². The van der Waals surface area contributed by atoms with Crippen molar-refractivity contribution >= 4 is 16.9 Å². The summed E-state index contributed by atoms with van der Waals surface area (Å²) in [5.41, 5.74) is 3.82. The number of aryl methyl sites for hydroxylation is 3. The second-order valence-corrected chi connectivity index (χ2v) is 6.91. The molecule has 0 amide bonds. The molecule has 148 valence electrons. The van der Waals surface area contributed by atoms with Crippen LogP contribution in [0.2, 0.25) is 0 Å². The molecule has 0 aliphatic rings. The number of ether oxygens (including phenoxy) is 1. The first kappa shape index (κ1) is 18.7. The van der Waals surface area contributed by atoms with Gasteiger partial charge in [0.25, 0.3) is 5.56 Å². The van der Waals surface area contributed by atoms with Gasteiger partial charge in [0.1, 0.15) is 17.8 Å². The molecule has 3 heterocycles. The SMILES string of the molecule is COC(=O)c1ccc(Cn2nc(C)c3cnn(-c4ccc(C)cc4C)c3c2=O)o1. The molecular weight excluding hydrogens is 372 g/mol. The molecule has 0 radical (unpaired) electrons. The van der Waals surface area contributed by atoms with Gasteiger partial charge in [-0.05, 0) is 44.5 Å². The van der Waals surface area contributed by atoms with Gasteiger partial charge in [0, 0.05) is 5.39 Å². The summed E-state index contributed by atoms with van der Waals surface area (Å²) in [6.07, 6.45) is 1.66. The lowest BCUT2D eigenvalue weighted by molar-refractivity contribution is 0.0562. The van der Waals surface area contributed by atoms with E-state index >= 15 is 0 Å². The Morgan fingerprint density at radius 2 is 1.97 bits per heavy atom. The van der Waals surface area contributed by atoms with E-state index in [1.807, 2.05) is 39.0 Å². The summed E-state index contributed by atoms with van der Waals surface area (Å²) >= 11 is 0. The molecule has 0 fully saturated rings. The molecule has 8 nitrogen and oxygen atoms in total. The number of hydrogen-bond donors (Lipinski definition) is 0. The van der Waals surface area contributed by atoms with Crippen LogP contribution in [-0.2, 0) is 11.3 Å². The van der Waals surface area contributed by atoms with Crippen molar-refractivity contribution in [2.75, 3.05) is 7.11 Å². The minimum Gasteiger partial charge on any atom is -0.463 e. The van der Waals surface area contributed by atoms with Crippen molar-refractivity contribution in [3.8, 4) is 5.69 Å². The van der Waals surface area contributed by atoms with Crippen LogP contribution in [0.5, 0.6) is 0 Å². The zero-order valence-electron chi connectivity index (χ0n) is 16.6. The number of aromatic nitrogens is 4. The molecule has 0 bridgehead atoms. The standard InChI is InChI=1S/C21H20N4O4/c1-12-5-7-17(13(2)9-12)25-19-16(10-22-25)14(3)23-24(20(19)26)11-15-6-8-18(29-15)21(27)28-4/h5-10H,11H2,1-4H3. The fourth-order valence-electron chi connectivity index (χ4n) is 3.38. The number of rotatable bonds is 4. The number of nitrogens with zero attached hydrogens (tertiary/aromatic N) is 4. The molecule has 0 atom stereocenters. The van der Waals surface area contributed by atoms with Gasteiger partial charge in [0.05, 0.1) is 24.7 Å². The molecule has 0 aliphatic heterocycles. The first-order chi connectivity index (χ1) is 13.9. The summed E-state index contributed by atoms with van der Waals surface area (Å²) in [7, 11) is 1.28. The van der Waals surface area contributed by atoms with Crippen molar-refractivity contribution in [1.29, 1.82) is 0 Å². The smallest absolute Gasteiger partial charge is 0.373 e. The summed E-state index contributed by atoms with van der Waals surface area (Å²) in [5, 5.41) is 9.53. The minimum absolute atomic E-state index is 0.0775. The Balaban J connectivity index is 1.83. The molecule has 4 aromatic rings. The van der Waals surface area contributed by atoms with Crippen LogP contribution in [0.1, 0.15) is 33.1 Å². The molecule has 0 saturated heterocycles. The molecular formula is C21H20N4O4. The number of hydrogen-bond acceptors (Lipinski definition) is 6. The predicted octanol–water partition coefficient (Wildman–Crippen LogP) is 2.94. The highest BCUT2D eigenvalue weighted by Gasteiger charge is 2.18. The summed E-state index contributed by atoms with van der Waals surface area (Å²) < 4.78 is 13.1. The molecule has 0 spiro atoms. The first-order valence-corrected chi connectivity index (χ1v) is 9.09. The second-order valence-electron chi connectivity index (χ2n) is 6.91. The molecule has 0 saturated carbocycles. The molecule has 29 heavy (non-hydrogen) atoms. The number of carbonyl (C=O) groups excluding carboxylic acids is 1. The van der Waals surface area contributed by atoms with Crippen LogP contribution in [0.15, 0.2) is 45.7 Å². The number of methoxy groups -OCH3 is 1. The van der Waals surface area contributed by atoms with Crippen molar-refractivity contribution in [3.63, 3.8) is 0 Å². The van der Waals surface area contributed by atoms with E-state index in [2.05, 4.69) is 14.9 Å². The van der Waals surface area contributed by atoms with Gasteiger partial charge < -0.3 is 9.15 Å². The summed E-state index contributed by atoms with van der Waals surface area (Å²) in [5.74, 6) is -0.0684. The van der Waals surface area contributed by atoms with Gasteiger partial charge in [-0.1, -0.05) is 17.7 Å². The average molecular weight is 392 g/mol. The largest absolute Gasteiger partial charge is 0.463 e. The van der Waals surface area contributed by atoms with Crippen molar-refractivity contribution in [3.05, 3.63) is 75.2 Å². The van der Waals surface area contributed by atoms with Gasteiger partial charge in [0.15, 0.2) is 0 Å². The maximum atomic E-state index is 13.2. The van der Waals surface area contributed by atoms with Crippen LogP contribution in [0, 0.1) is 20.8 Å². The Kier molecular flexibility index (Phi) is 4.54. The molecule has 3 aromatic heterocycles. The maximum absolute atomic E-state index is 13.2. The summed E-state index contributed by atoms with van der Waals surface area (Å²) in [4.78, 5) is 24.8. The van der Waals surface area contributed by atoms with Crippen LogP contribution in [-0.4, -0.2) is 32.6 Å². The van der Waals surface area contributed by atoms with E-state index in [9.17, 15) is 9.59 Å². The van der Waals surface area contributed by atoms with E-state index in [4.69, 9.17) is 4.42 Å². The normalized spacial score (nSPS) is 11.2. The number of fused-ring (bicyclic) bond motifs is 1. The zero-order chi connectivity index (χ0) is 20.7. The van der Waals surface area contributed by atoms with E-state index in [1.54, 1.807) is 16.9 Å². The highest BCUT2D eigenvalue weighted by molar-refractivity contribution is 5.86. The monoisotopic (exact) mass is 392 g/mol. The lowest BCUT2D eigenvalue weighted by Gasteiger charge is -2.10. The highest BCUT2D eigenvalue weighted by Crippen LogP contribution is 2.21. The topological polar surface area (TPSA) is 92.2 Å². The fourth-order valence-corrected chi connectivity index (χ4v) is 3.38. The van der Waals surface area contributed by atoms with Crippen molar-refractivity contribution < 1.29 is 13.9 Å². The van der Waals surface area contributed by atoms with Gasteiger partial charge in [-0.25, -0.2) is 14.2 Å². The summed E-state index contributed by atoms with van der Waals surface area (Å²) in [6, 6.07) is 9.12. The van der Waals surface area contributed by atoms with Gasteiger partial charge in [0.2, 0.25) is 5.76 Å². The molecule has 8 heteroatoms. The lowest BCUT2D eigenvalue weighted by Crippen LogP contribution is -2.26. The number of carbonyl (C=O) groups is 1. The average Bonchev–Trinajstić information content (AvgIpc) is 3.33. The van der Waals surface area contributed by atoms with E-state index in [-0.39, 0.29) is 17.9 Å². The molecule has 0 N–H and O–H groups in total. The third-order valence-electron chi connectivity index (χ3n) is 4.80. The van der Waals surface area contributed by atoms with Crippen molar-refractivity contribution in [1.82, 2.24) is 19.6 Å². The van der Waals surface area contributed by atoms with Crippen LogP contribution in [0.3, 0.4) is 0 Å². The number of benzene rings is 1. The molecule has 0 aliphatic carbocycles. The molecule has 4 rings (SSSR count). The Labute approximate surface area is 166 Å². The maximum Gasteiger partial charge on any atom is 0.373 e. The Morgan fingerprint density at radius 1 is 1.17 bits per heavy atom. The van der Waals surface area contributed by atoms with E-state index in [0.29, 0.717) is 22.4 Å². The molecule has 0 unspecified atom stereocenters. The molecule has 1 aromatic carbocycles. The van der Waals surface area contributed by atoms with Crippen LogP contribution < -0.4 is 5.56 Å². The van der Waals surface area contributed by atoms with E-state index < -0.39 is 5.97 Å². The Bertz CT molecular complexity index is 1300. The highest BCUT2D eigenvalue weighted by atomic mass is 16.5. The third kappa shape index (κ3) is 3.22. The fraction of sp³-hybridized carbons (Fsp3) is 0.238. The number of furan rings is 1. The van der Waals surface area contributed by atoms with Crippen molar-refractivity contribution in [2.24, 2.45) is 0 Å². The third-order valence-corrected chi connectivity index (χ3v) is 4.80. The van der Waals surface area contributed by atoms with E-state index in [1.165, 1.54) is 17.9 Å². The van der Waals surface area contributed by atoms with Gasteiger partial charge in [-0.15, -0.1) is 0 Å². The number of esters is 1. The zero-order valence-corrected chi connectivity index (χ0v) is 16.6. The first-order valence-electron chi connectivity index (χ1n) is 9.09. The summed E-state index contributed by atoms with van der Waals surface area (Å²) in [6.45, 7) is 5.92. The van der Waals surface area contributed by atoms with Crippen LogP contribution in [0.25, 0.3) is 16.6 Å². The Hall–Kier alpha value is -3.68. The van der Waals surface area contributed by atoms with Crippen molar-refractivity contribution in [2.45, 2.75) is 27.3 Å². The van der Waals surface area contributed by atoms with Crippen LogP contribution in [0.4, 0.5) is 0 Å². The van der Waals surface area contributed by atoms with Crippen LogP contribution >= 0.6 is 0 Å².